The van der Waals surface area contributed by atoms with Gasteiger partial charge in [-0.25, -0.2) is 0 Å². The third-order valence-corrected chi connectivity index (χ3v) is 14.3. The summed E-state index contributed by atoms with van der Waals surface area (Å²) >= 11 is 7.54. The number of hydrogen-bond donors (Lipinski definition) is 0. The first-order valence-electron chi connectivity index (χ1n) is 21.8. The van der Waals surface area contributed by atoms with Crippen LogP contribution in [-0.2, 0) is 0 Å². The zero-order valence-corrected chi connectivity index (χ0v) is 34.8. The first-order valence-corrected chi connectivity index (χ1v) is 22.2. The molecule has 14 rings (SSSR count). The molecule has 0 spiro atoms. The summed E-state index contributed by atoms with van der Waals surface area (Å²) in [6, 6.07) is 78.5. The minimum atomic E-state index is 0.744. The van der Waals surface area contributed by atoms with Gasteiger partial charge in [0, 0.05) is 10.6 Å². The second kappa shape index (κ2) is 13.1. The highest BCUT2D eigenvalue weighted by molar-refractivity contribution is 6.37. The summed E-state index contributed by atoms with van der Waals surface area (Å²) in [6.45, 7) is 0. The maximum Gasteiger partial charge on any atom is 0.0491 e. The molecule has 0 N–H and O–H groups in total. The fourth-order valence-corrected chi connectivity index (χ4v) is 11.6. The van der Waals surface area contributed by atoms with Crippen LogP contribution >= 0.6 is 11.6 Å². The molecule has 0 fully saturated rings. The largest absolute Gasteiger partial charge is 0.0836 e. The van der Waals surface area contributed by atoms with Gasteiger partial charge in [-0.05, 0) is 162 Å². The quantitative estimate of drug-likeness (QED) is 0.166. The van der Waals surface area contributed by atoms with Gasteiger partial charge in [-0.3, -0.25) is 0 Å². The molecule has 0 unspecified atom stereocenters. The van der Waals surface area contributed by atoms with Crippen LogP contribution in [-0.4, -0.2) is 0 Å². The Morgan fingerprint density at radius 3 is 1.29 bits per heavy atom. The second-order valence-corrected chi connectivity index (χ2v) is 17.6. The standard InChI is InChI=1S/C62H35Cl/c63-56-35-55-54(34-53(56)42-23-11-21-36-14-9-10-22-41(36)42)57(37-15-3-1-4-16-37)62-50-31-29-44(46-25-13-27-49(60(46)50)61(62)58(55)38-17-5-2-6-18-38)43-28-30-48-52-33-40-20-8-7-19-39(40)32-51(52)47-26-12-24-45(43)59(47)48/h1-35H. The van der Waals surface area contributed by atoms with Gasteiger partial charge in [0.25, 0.3) is 0 Å². The Morgan fingerprint density at radius 1 is 0.222 bits per heavy atom. The molecule has 0 aromatic heterocycles. The van der Waals surface area contributed by atoms with E-state index in [0.29, 0.717) is 0 Å². The molecule has 0 bridgehead atoms. The van der Waals surface area contributed by atoms with Crippen LogP contribution in [0.1, 0.15) is 0 Å². The zero-order valence-electron chi connectivity index (χ0n) is 34.1. The van der Waals surface area contributed by atoms with E-state index in [4.69, 9.17) is 11.6 Å². The third-order valence-electron chi connectivity index (χ3n) is 14.0. The van der Waals surface area contributed by atoms with E-state index in [-0.39, 0.29) is 0 Å². The summed E-state index contributed by atoms with van der Waals surface area (Å²) in [6.07, 6.45) is 0. The van der Waals surface area contributed by atoms with E-state index in [2.05, 4.69) is 212 Å². The monoisotopic (exact) mass is 814 g/mol. The van der Waals surface area contributed by atoms with Crippen molar-refractivity contribution in [1.29, 1.82) is 0 Å². The van der Waals surface area contributed by atoms with Crippen LogP contribution in [0.15, 0.2) is 212 Å². The smallest absolute Gasteiger partial charge is 0.0491 e. The number of fused-ring (bicyclic) bond motifs is 9. The van der Waals surface area contributed by atoms with Crippen molar-refractivity contribution in [3.63, 3.8) is 0 Å². The summed E-state index contributed by atoms with van der Waals surface area (Å²) < 4.78 is 0. The van der Waals surface area contributed by atoms with Crippen molar-refractivity contribution in [1.82, 2.24) is 0 Å². The summed E-state index contributed by atoms with van der Waals surface area (Å²) in [7, 11) is 0. The van der Waals surface area contributed by atoms with E-state index < -0.39 is 0 Å². The molecule has 2 aliphatic rings. The molecule has 1 heteroatoms. The number of hydrogen-bond acceptors (Lipinski definition) is 0. The Bertz CT molecular complexity index is 3900. The molecule has 12 aromatic carbocycles. The van der Waals surface area contributed by atoms with E-state index in [9.17, 15) is 0 Å². The van der Waals surface area contributed by atoms with E-state index in [1.807, 2.05) is 0 Å². The van der Waals surface area contributed by atoms with Gasteiger partial charge in [0.1, 0.15) is 0 Å². The van der Waals surface area contributed by atoms with Crippen LogP contribution in [0.5, 0.6) is 0 Å². The van der Waals surface area contributed by atoms with Crippen molar-refractivity contribution in [2.75, 3.05) is 0 Å². The van der Waals surface area contributed by atoms with Crippen molar-refractivity contribution in [2.24, 2.45) is 0 Å². The van der Waals surface area contributed by atoms with Crippen LogP contribution in [0.25, 0.3) is 143 Å². The van der Waals surface area contributed by atoms with Crippen molar-refractivity contribution < 1.29 is 0 Å². The maximum atomic E-state index is 7.54. The third kappa shape index (κ3) is 4.87. The van der Waals surface area contributed by atoms with E-state index >= 15 is 0 Å². The highest BCUT2D eigenvalue weighted by Gasteiger charge is 2.32. The molecule has 2 aliphatic carbocycles. The van der Waals surface area contributed by atoms with Gasteiger partial charge >= 0.3 is 0 Å². The molecule has 0 amide bonds. The topological polar surface area (TPSA) is 0 Å². The fourth-order valence-electron chi connectivity index (χ4n) is 11.4. The van der Waals surface area contributed by atoms with E-state index in [1.54, 1.807) is 0 Å². The lowest BCUT2D eigenvalue weighted by Gasteiger charge is -2.22. The van der Waals surface area contributed by atoms with Crippen LogP contribution < -0.4 is 0 Å². The van der Waals surface area contributed by atoms with Crippen LogP contribution in [0, 0.1) is 0 Å². The normalized spacial score (nSPS) is 12.2. The predicted molar refractivity (Wildman–Crippen MR) is 270 cm³/mol. The van der Waals surface area contributed by atoms with Gasteiger partial charge < -0.3 is 0 Å². The average Bonchev–Trinajstić information content (AvgIpc) is 3.84. The SMILES string of the molecule is Clc1cc2c(-c3ccccc3)c3c(c(-c4ccccc4)c2cc1-c1cccc2ccccc12)-c1ccc(-c2ccc4c5c(cccc25)-c2cc5ccccc5cc2-4)c2cccc-3c12. The van der Waals surface area contributed by atoms with Crippen LogP contribution in [0.3, 0.4) is 0 Å². The lowest BCUT2D eigenvalue weighted by atomic mass is 9.81. The second-order valence-electron chi connectivity index (χ2n) is 17.2. The lowest BCUT2D eigenvalue weighted by Crippen LogP contribution is -1.95. The molecular formula is C62H35Cl. The molecule has 63 heavy (non-hydrogen) atoms. The van der Waals surface area contributed by atoms with Crippen molar-refractivity contribution in [2.45, 2.75) is 0 Å². The minimum absolute atomic E-state index is 0.744. The van der Waals surface area contributed by atoms with Gasteiger partial charge in [-0.15, -0.1) is 0 Å². The fraction of sp³-hybridized carbons (Fsp3) is 0. The molecule has 290 valence electrons. The van der Waals surface area contributed by atoms with Crippen molar-refractivity contribution in [3.05, 3.63) is 217 Å². The molecule has 0 saturated heterocycles. The summed E-state index contributed by atoms with van der Waals surface area (Å²) in [5.41, 5.74) is 19.8. The van der Waals surface area contributed by atoms with Gasteiger partial charge in [0.15, 0.2) is 0 Å². The molecule has 0 aliphatic heterocycles. The Labute approximate surface area is 369 Å². The zero-order chi connectivity index (χ0) is 41.3. The Kier molecular flexibility index (Phi) is 7.26. The predicted octanol–water partition coefficient (Wildman–Crippen LogP) is 18.1. The van der Waals surface area contributed by atoms with Gasteiger partial charge in [-0.2, -0.15) is 0 Å². The first-order chi connectivity index (χ1) is 31.2. The van der Waals surface area contributed by atoms with Gasteiger partial charge in [-0.1, -0.05) is 200 Å². The highest BCUT2D eigenvalue weighted by Crippen LogP contribution is 2.60. The maximum absolute atomic E-state index is 7.54. The van der Waals surface area contributed by atoms with Crippen LogP contribution in [0.2, 0.25) is 5.02 Å². The average molecular weight is 815 g/mol. The Hall–Kier alpha value is -7.77. The lowest BCUT2D eigenvalue weighted by molar-refractivity contribution is 1.61. The highest BCUT2D eigenvalue weighted by atomic mass is 35.5. The minimum Gasteiger partial charge on any atom is -0.0836 e. The number of rotatable bonds is 4. The van der Waals surface area contributed by atoms with E-state index in [0.717, 1.165) is 21.5 Å². The van der Waals surface area contributed by atoms with Gasteiger partial charge in [0.2, 0.25) is 0 Å². The summed E-state index contributed by atoms with van der Waals surface area (Å²) in [4.78, 5) is 0. The van der Waals surface area contributed by atoms with Crippen molar-refractivity contribution in [3.8, 4) is 89.0 Å². The molecule has 0 saturated carbocycles. The summed E-state index contributed by atoms with van der Waals surface area (Å²) in [5.74, 6) is 0. The molecule has 0 nitrogen and oxygen atoms in total. The molecular weight excluding hydrogens is 780 g/mol. The summed E-state index contributed by atoms with van der Waals surface area (Å²) in [5, 5.41) is 13.2. The number of benzene rings is 12. The van der Waals surface area contributed by atoms with Gasteiger partial charge in [0.05, 0.1) is 0 Å². The molecule has 0 atom stereocenters. The molecule has 0 radical (unpaired) electrons. The van der Waals surface area contributed by atoms with Crippen molar-refractivity contribution >= 4 is 65.5 Å². The Morgan fingerprint density at radius 2 is 0.635 bits per heavy atom. The molecule has 12 aromatic rings. The van der Waals surface area contributed by atoms with Crippen LogP contribution in [0.4, 0.5) is 0 Å². The molecule has 0 heterocycles. The Balaban J connectivity index is 1.07. The van der Waals surface area contributed by atoms with E-state index in [1.165, 1.54) is 126 Å². The number of halogens is 1. The first kappa shape index (κ1) is 34.9.